The van der Waals surface area contributed by atoms with Crippen molar-refractivity contribution in [1.29, 1.82) is 0 Å². The third-order valence-corrected chi connectivity index (χ3v) is 4.82. The summed E-state index contributed by atoms with van der Waals surface area (Å²) in [6.07, 6.45) is 3.55. The molecule has 3 rings (SSSR count). The van der Waals surface area contributed by atoms with E-state index < -0.39 is 5.60 Å². The van der Waals surface area contributed by atoms with Crippen molar-refractivity contribution in [3.05, 3.63) is 35.1 Å². The molecule has 2 fully saturated rings. The second-order valence-electron chi connectivity index (χ2n) is 5.92. The van der Waals surface area contributed by atoms with Crippen LogP contribution in [0.3, 0.4) is 0 Å². The fourth-order valence-corrected chi connectivity index (χ4v) is 3.87. The standard InChI is InChI=1S/C15H20FNO/c1-10-4-3-5-13(16)14(10)15(18)8-11-6-7-12(9-15)17(11)2/h3-5,11-12,18H,6-9H2,1-2H3. The van der Waals surface area contributed by atoms with Crippen LogP contribution < -0.4 is 0 Å². The predicted molar refractivity (Wildman–Crippen MR) is 68.8 cm³/mol. The van der Waals surface area contributed by atoms with E-state index in [1.807, 2.05) is 13.0 Å². The molecule has 1 aromatic carbocycles. The molecule has 0 spiro atoms. The predicted octanol–water partition coefficient (Wildman–Crippen LogP) is 2.58. The van der Waals surface area contributed by atoms with Crippen molar-refractivity contribution in [2.45, 2.75) is 50.3 Å². The summed E-state index contributed by atoms with van der Waals surface area (Å²) in [5.74, 6) is -0.263. The van der Waals surface area contributed by atoms with Crippen LogP contribution in [0.4, 0.5) is 4.39 Å². The lowest BCUT2D eigenvalue weighted by atomic mass is 9.78. The van der Waals surface area contributed by atoms with Crippen molar-refractivity contribution in [3.63, 3.8) is 0 Å². The van der Waals surface area contributed by atoms with E-state index in [1.165, 1.54) is 6.07 Å². The Morgan fingerprint density at radius 3 is 2.44 bits per heavy atom. The number of hydrogen-bond donors (Lipinski definition) is 1. The number of halogens is 1. The fourth-order valence-electron chi connectivity index (χ4n) is 3.87. The highest BCUT2D eigenvalue weighted by Crippen LogP contribution is 2.46. The highest BCUT2D eigenvalue weighted by molar-refractivity contribution is 5.34. The van der Waals surface area contributed by atoms with E-state index >= 15 is 0 Å². The molecular weight excluding hydrogens is 229 g/mol. The maximum atomic E-state index is 14.1. The average Bonchev–Trinajstić information content (AvgIpc) is 2.54. The Labute approximate surface area is 107 Å². The van der Waals surface area contributed by atoms with E-state index in [9.17, 15) is 9.50 Å². The Balaban J connectivity index is 2.01. The van der Waals surface area contributed by atoms with Crippen molar-refractivity contribution >= 4 is 0 Å². The molecule has 2 bridgehead atoms. The van der Waals surface area contributed by atoms with Gasteiger partial charge in [-0.25, -0.2) is 4.39 Å². The van der Waals surface area contributed by atoms with E-state index in [0.717, 1.165) is 18.4 Å². The minimum absolute atomic E-state index is 0.263. The molecule has 0 aromatic heterocycles. The van der Waals surface area contributed by atoms with Crippen LogP contribution in [0, 0.1) is 12.7 Å². The zero-order valence-corrected chi connectivity index (χ0v) is 11.0. The highest BCUT2D eigenvalue weighted by atomic mass is 19.1. The molecule has 1 aromatic rings. The summed E-state index contributed by atoms with van der Waals surface area (Å²) >= 11 is 0. The van der Waals surface area contributed by atoms with E-state index in [2.05, 4.69) is 11.9 Å². The number of piperidine rings is 1. The number of aryl methyl sites for hydroxylation is 1. The van der Waals surface area contributed by atoms with Gasteiger partial charge < -0.3 is 10.0 Å². The molecule has 1 N–H and O–H groups in total. The normalized spacial score (nSPS) is 36.0. The molecule has 3 heteroatoms. The second kappa shape index (κ2) is 4.04. The molecule has 0 saturated carbocycles. The number of fused-ring (bicyclic) bond motifs is 2. The zero-order chi connectivity index (χ0) is 12.9. The molecular formula is C15H20FNO. The number of hydrogen-bond acceptors (Lipinski definition) is 2. The quantitative estimate of drug-likeness (QED) is 0.827. The highest BCUT2D eigenvalue weighted by Gasteiger charge is 2.48. The summed E-state index contributed by atoms with van der Waals surface area (Å²) < 4.78 is 14.1. The summed E-state index contributed by atoms with van der Waals surface area (Å²) in [6, 6.07) is 5.85. The molecule has 2 aliphatic rings. The molecule has 2 nitrogen and oxygen atoms in total. The Morgan fingerprint density at radius 2 is 1.89 bits per heavy atom. The van der Waals surface area contributed by atoms with Gasteiger partial charge in [0.25, 0.3) is 0 Å². The Kier molecular flexibility index (Phi) is 2.72. The molecule has 2 saturated heterocycles. The van der Waals surface area contributed by atoms with Gasteiger partial charge in [-0.2, -0.15) is 0 Å². The SMILES string of the molecule is Cc1cccc(F)c1C1(O)CC2CCC(C1)N2C. The number of nitrogens with zero attached hydrogens (tertiary/aromatic N) is 1. The molecule has 0 aliphatic carbocycles. The van der Waals surface area contributed by atoms with Gasteiger partial charge in [0.2, 0.25) is 0 Å². The number of aliphatic hydroxyl groups is 1. The molecule has 18 heavy (non-hydrogen) atoms. The van der Waals surface area contributed by atoms with Crippen LogP contribution in [-0.2, 0) is 5.60 Å². The summed E-state index contributed by atoms with van der Waals surface area (Å²) in [6.45, 7) is 1.89. The van der Waals surface area contributed by atoms with Crippen molar-refractivity contribution in [1.82, 2.24) is 4.90 Å². The van der Waals surface area contributed by atoms with E-state index in [0.29, 0.717) is 30.5 Å². The monoisotopic (exact) mass is 249 g/mol. The second-order valence-corrected chi connectivity index (χ2v) is 5.92. The van der Waals surface area contributed by atoms with Crippen LogP contribution in [0.1, 0.15) is 36.8 Å². The summed E-state index contributed by atoms with van der Waals surface area (Å²) in [5, 5.41) is 10.9. The maximum absolute atomic E-state index is 14.1. The molecule has 0 radical (unpaired) electrons. The van der Waals surface area contributed by atoms with Gasteiger partial charge in [-0.05, 0) is 51.3 Å². The first-order valence-electron chi connectivity index (χ1n) is 6.71. The van der Waals surface area contributed by atoms with E-state index in [4.69, 9.17) is 0 Å². The van der Waals surface area contributed by atoms with Crippen molar-refractivity contribution in [2.24, 2.45) is 0 Å². The molecule has 2 aliphatic heterocycles. The van der Waals surface area contributed by atoms with E-state index in [1.54, 1.807) is 6.07 Å². The number of benzene rings is 1. The summed E-state index contributed by atoms with van der Waals surface area (Å²) in [7, 11) is 2.12. The molecule has 2 unspecified atom stereocenters. The summed E-state index contributed by atoms with van der Waals surface area (Å²) in [5.41, 5.74) is 0.407. The van der Waals surface area contributed by atoms with Crippen LogP contribution in [-0.4, -0.2) is 29.1 Å². The molecule has 0 amide bonds. The molecule has 98 valence electrons. The van der Waals surface area contributed by atoms with Crippen LogP contribution in [0.2, 0.25) is 0 Å². The number of rotatable bonds is 1. The zero-order valence-electron chi connectivity index (χ0n) is 11.0. The third-order valence-electron chi connectivity index (χ3n) is 4.82. The van der Waals surface area contributed by atoms with E-state index in [-0.39, 0.29) is 5.82 Å². The van der Waals surface area contributed by atoms with Gasteiger partial charge in [-0.1, -0.05) is 12.1 Å². The topological polar surface area (TPSA) is 23.5 Å². The minimum atomic E-state index is -0.978. The first-order chi connectivity index (χ1) is 8.51. The maximum Gasteiger partial charge on any atom is 0.129 e. The Morgan fingerprint density at radius 1 is 1.28 bits per heavy atom. The van der Waals surface area contributed by atoms with Crippen LogP contribution >= 0.6 is 0 Å². The Hall–Kier alpha value is -0.930. The lowest BCUT2D eigenvalue weighted by molar-refractivity contribution is -0.0520. The third kappa shape index (κ3) is 1.69. The van der Waals surface area contributed by atoms with Crippen LogP contribution in [0.5, 0.6) is 0 Å². The lowest BCUT2D eigenvalue weighted by Crippen LogP contribution is -2.48. The first kappa shape index (κ1) is 12.1. The molecule has 2 heterocycles. The smallest absolute Gasteiger partial charge is 0.129 e. The minimum Gasteiger partial charge on any atom is -0.385 e. The average molecular weight is 249 g/mol. The van der Waals surface area contributed by atoms with Gasteiger partial charge in [-0.15, -0.1) is 0 Å². The molecule has 2 atom stereocenters. The lowest BCUT2D eigenvalue weighted by Gasteiger charge is -2.43. The van der Waals surface area contributed by atoms with Gasteiger partial charge >= 0.3 is 0 Å². The first-order valence-corrected chi connectivity index (χ1v) is 6.71. The van der Waals surface area contributed by atoms with Gasteiger partial charge in [0.1, 0.15) is 5.82 Å². The summed E-state index contributed by atoms with van der Waals surface area (Å²) in [4.78, 5) is 2.35. The Bertz CT molecular complexity index is 439. The van der Waals surface area contributed by atoms with Gasteiger partial charge in [-0.3, -0.25) is 0 Å². The van der Waals surface area contributed by atoms with Crippen molar-refractivity contribution in [2.75, 3.05) is 7.05 Å². The van der Waals surface area contributed by atoms with Crippen molar-refractivity contribution < 1.29 is 9.50 Å². The van der Waals surface area contributed by atoms with Crippen molar-refractivity contribution in [3.8, 4) is 0 Å². The largest absolute Gasteiger partial charge is 0.385 e. The fraction of sp³-hybridized carbons (Fsp3) is 0.600. The van der Waals surface area contributed by atoms with Gasteiger partial charge in [0.05, 0.1) is 5.60 Å². The van der Waals surface area contributed by atoms with Crippen LogP contribution in [0.15, 0.2) is 18.2 Å². The van der Waals surface area contributed by atoms with Gasteiger partial charge in [0.15, 0.2) is 0 Å². The van der Waals surface area contributed by atoms with Gasteiger partial charge in [0, 0.05) is 17.6 Å². The van der Waals surface area contributed by atoms with Crippen LogP contribution in [0.25, 0.3) is 0 Å².